The Morgan fingerprint density at radius 1 is 1.29 bits per heavy atom. The maximum Gasteiger partial charge on any atom is 0.134 e. The van der Waals surface area contributed by atoms with Gasteiger partial charge in [-0.1, -0.05) is 18.5 Å². The second-order valence-electron chi connectivity index (χ2n) is 4.28. The first kappa shape index (κ1) is 14.2. The van der Waals surface area contributed by atoms with Crippen molar-refractivity contribution >= 4 is 17.4 Å². The number of hydrogen-bond acceptors (Lipinski definition) is 4. The van der Waals surface area contributed by atoms with Gasteiger partial charge < -0.3 is 10.2 Å². The zero-order chi connectivity index (χ0) is 12.7. The molecule has 0 spiro atoms. The first-order chi connectivity index (χ1) is 8.11. The largest absolute Gasteiger partial charge is 0.370 e. The van der Waals surface area contributed by atoms with Crippen LogP contribution in [0.4, 0.5) is 5.82 Å². The molecule has 0 unspecified atom stereocenters. The molecule has 0 atom stereocenters. The Labute approximate surface area is 108 Å². The van der Waals surface area contributed by atoms with Crippen molar-refractivity contribution in [3.05, 3.63) is 17.0 Å². The van der Waals surface area contributed by atoms with E-state index in [1.54, 1.807) is 6.07 Å². The average molecular weight is 257 g/mol. The standard InChI is InChI=1S/C12H21ClN4/c1-4-11-15-10(13)9-12(16-11)14-7-5-6-8-17(2)3/h9H,4-8H2,1-3H3,(H,14,15,16). The molecule has 1 aromatic rings. The van der Waals surface area contributed by atoms with E-state index >= 15 is 0 Å². The van der Waals surface area contributed by atoms with Gasteiger partial charge in [0.2, 0.25) is 0 Å². The molecule has 1 rings (SSSR count). The summed E-state index contributed by atoms with van der Waals surface area (Å²) >= 11 is 5.91. The lowest BCUT2D eigenvalue weighted by molar-refractivity contribution is 0.396. The molecule has 1 heterocycles. The van der Waals surface area contributed by atoms with Crippen LogP contribution in [0, 0.1) is 0 Å². The maximum absolute atomic E-state index is 5.91. The van der Waals surface area contributed by atoms with Crippen LogP contribution in [0.25, 0.3) is 0 Å². The Morgan fingerprint density at radius 3 is 2.71 bits per heavy atom. The number of hydrogen-bond donors (Lipinski definition) is 1. The summed E-state index contributed by atoms with van der Waals surface area (Å²) in [7, 11) is 4.18. The quantitative estimate of drug-likeness (QED) is 0.601. The van der Waals surface area contributed by atoms with Crippen molar-refractivity contribution in [1.82, 2.24) is 14.9 Å². The van der Waals surface area contributed by atoms with Gasteiger partial charge >= 0.3 is 0 Å². The fourth-order valence-electron chi connectivity index (χ4n) is 1.48. The van der Waals surface area contributed by atoms with Crippen molar-refractivity contribution < 1.29 is 0 Å². The predicted octanol–water partition coefficient (Wildman–Crippen LogP) is 2.45. The second-order valence-corrected chi connectivity index (χ2v) is 4.67. The molecule has 17 heavy (non-hydrogen) atoms. The third-order valence-electron chi connectivity index (χ3n) is 2.40. The molecule has 1 N–H and O–H groups in total. The number of halogens is 1. The number of aromatic nitrogens is 2. The number of anilines is 1. The molecule has 0 aliphatic heterocycles. The number of unbranched alkanes of at least 4 members (excludes halogenated alkanes) is 1. The Balaban J connectivity index is 2.33. The monoisotopic (exact) mass is 256 g/mol. The number of aryl methyl sites for hydroxylation is 1. The Kier molecular flexibility index (Phi) is 6.22. The first-order valence-electron chi connectivity index (χ1n) is 6.04. The van der Waals surface area contributed by atoms with Crippen LogP contribution in [-0.2, 0) is 6.42 Å². The zero-order valence-electron chi connectivity index (χ0n) is 10.8. The van der Waals surface area contributed by atoms with Gasteiger partial charge in [0.15, 0.2) is 0 Å². The van der Waals surface area contributed by atoms with Crippen molar-refractivity contribution in [2.75, 3.05) is 32.5 Å². The summed E-state index contributed by atoms with van der Waals surface area (Å²) in [6, 6.07) is 1.77. The summed E-state index contributed by atoms with van der Waals surface area (Å²) in [4.78, 5) is 10.7. The van der Waals surface area contributed by atoms with Crippen LogP contribution in [0.5, 0.6) is 0 Å². The van der Waals surface area contributed by atoms with Gasteiger partial charge in [0.25, 0.3) is 0 Å². The molecular formula is C12H21ClN4. The molecule has 0 radical (unpaired) electrons. The van der Waals surface area contributed by atoms with Crippen molar-refractivity contribution in [3.63, 3.8) is 0 Å². The zero-order valence-corrected chi connectivity index (χ0v) is 11.6. The van der Waals surface area contributed by atoms with Crippen LogP contribution in [0.15, 0.2) is 6.07 Å². The van der Waals surface area contributed by atoms with Crippen molar-refractivity contribution in [1.29, 1.82) is 0 Å². The molecule has 0 aliphatic rings. The van der Waals surface area contributed by atoms with Crippen molar-refractivity contribution in [3.8, 4) is 0 Å². The Hall–Kier alpha value is -0.870. The van der Waals surface area contributed by atoms with Crippen LogP contribution in [0.2, 0.25) is 5.15 Å². The van der Waals surface area contributed by atoms with E-state index in [-0.39, 0.29) is 0 Å². The van der Waals surface area contributed by atoms with E-state index < -0.39 is 0 Å². The van der Waals surface area contributed by atoms with Gasteiger partial charge in [0.05, 0.1) is 0 Å². The summed E-state index contributed by atoms with van der Waals surface area (Å²) in [6.07, 6.45) is 3.11. The average Bonchev–Trinajstić information content (AvgIpc) is 2.27. The molecule has 0 bridgehead atoms. The van der Waals surface area contributed by atoms with Crippen LogP contribution < -0.4 is 5.32 Å². The summed E-state index contributed by atoms with van der Waals surface area (Å²) in [5.41, 5.74) is 0. The topological polar surface area (TPSA) is 41.1 Å². The summed E-state index contributed by atoms with van der Waals surface area (Å²) in [5.74, 6) is 1.61. The molecule has 5 heteroatoms. The highest BCUT2D eigenvalue weighted by atomic mass is 35.5. The van der Waals surface area contributed by atoms with Gasteiger partial charge in [-0.2, -0.15) is 0 Å². The Bertz CT molecular complexity index is 341. The van der Waals surface area contributed by atoms with Gasteiger partial charge in [-0.25, -0.2) is 9.97 Å². The van der Waals surface area contributed by atoms with E-state index in [4.69, 9.17) is 11.6 Å². The third-order valence-corrected chi connectivity index (χ3v) is 2.59. The predicted molar refractivity (Wildman–Crippen MR) is 72.7 cm³/mol. The molecule has 0 saturated carbocycles. The van der Waals surface area contributed by atoms with Gasteiger partial charge in [-0.05, 0) is 33.5 Å². The molecule has 1 aromatic heterocycles. The second kappa shape index (κ2) is 7.45. The lowest BCUT2D eigenvalue weighted by Crippen LogP contribution is -2.14. The van der Waals surface area contributed by atoms with Gasteiger partial charge in [-0.3, -0.25) is 0 Å². The number of rotatable bonds is 7. The van der Waals surface area contributed by atoms with Crippen LogP contribution in [-0.4, -0.2) is 42.1 Å². The van der Waals surface area contributed by atoms with Crippen LogP contribution >= 0.6 is 11.6 Å². The normalized spacial score (nSPS) is 10.9. The molecule has 96 valence electrons. The third kappa shape index (κ3) is 5.84. The van der Waals surface area contributed by atoms with Crippen LogP contribution in [0.1, 0.15) is 25.6 Å². The fraction of sp³-hybridized carbons (Fsp3) is 0.667. The van der Waals surface area contributed by atoms with E-state index in [0.29, 0.717) is 5.15 Å². The van der Waals surface area contributed by atoms with E-state index in [2.05, 4.69) is 34.3 Å². The summed E-state index contributed by atoms with van der Waals surface area (Å²) in [6.45, 7) is 4.06. The molecular weight excluding hydrogens is 236 g/mol. The molecule has 0 aliphatic carbocycles. The van der Waals surface area contributed by atoms with Gasteiger partial charge in [0, 0.05) is 19.0 Å². The molecule has 0 fully saturated rings. The van der Waals surface area contributed by atoms with Gasteiger partial charge in [0.1, 0.15) is 16.8 Å². The highest BCUT2D eigenvalue weighted by Gasteiger charge is 2.01. The Morgan fingerprint density at radius 2 is 2.06 bits per heavy atom. The summed E-state index contributed by atoms with van der Waals surface area (Å²) < 4.78 is 0. The highest BCUT2D eigenvalue weighted by Crippen LogP contribution is 2.11. The summed E-state index contributed by atoms with van der Waals surface area (Å²) in [5, 5.41) is 3.79. The minimum absolute atomic E-state index is 0.507. The minimum atomic E-state index is 0.507. The number of nitrogens with zero attached hydrogens (tertiary/aromatic N) is 3. The van der Waals surface area contributed by atoms with E-state index in [1.807, 2.05) is 6.92 Å². The van der Waals surface area contributed by atoms with E-state index in [9.17, 15) is 0 Å². The van der Waals surface area contributed by atoms with Gasteiger partial charge in [-0.15, -0.1) is 0 Å². The van der Waals surface area contributed by atoms with Crippen molar-refractivity contribution in [2.24, 2.45) is 0 Å². The van der Waals surface area contributed by atoms with E-state index in [1.165, 1.54) is 6.42 Å². The highest BCUT2D eigenvalue weighted by molar-refractivity contribution is 6.29. The SMILES string of the molecule is CCc1nc(Cl)cc(NCCCCN(C)C)n1. The van der Waals surface area contributed by atoms with Crippen molar-refractivity contribution in [2.45, 2.75) is 26.2 Å². The molecule has 0 amide bonds. The van der Waals surface area contributed by atoms with E-state index in [0.717, 1.165) is 37.6 Å². The first-order valence-corrected chi connectivity index (χ1v) is 6.41. The number of nitrogens with one attached hydrogen (secondary N) is 1. The smallest absolute Gasteiger partial charge is 0.134 e. The minimum Gasteiger partial charge on any atom is -0.370 e. The maximum atomic E-state index is 5.91. The lowest BCUT2D eigenvalue weighted by Gasteiger charge is -2.10. The fourth-order valence-corrected chi connectivity index (χ4v) is 1.68. The van der Waals surface area contributed by atoms with Crippen LogP contribution in [0.3, 0.4) is 0 Å². The molecule has 0 saturated heterocycles. The molecule has 4 nitrogen and oxygen atoms in total. The molecule has 0 aromatic carbocycles. The lowest BCUT2D eigenvalue weighted by atomic mass is 10.3.